The molecule has 0 bridgehead atoms. The molecule has 0 amide bonds. The van der Waals surface area contributed by atoms with Gasteiger partial charge in [0.1, 0.15) is 5.56 Å². The van der Waals surface area contributed by atoms with E-state index < -0.39 is 11.9 Å². The number of hydrogen-bond acceptors (Lipinski definition) is 4. The summed E-state index contributed by atoms with van der Waals surface area (Å²) in [5, 5.41) is 3.80. The van der Waals surface area contributed by atoms with E-state index in [1.54, 1.807) is 19.1 Å². The van der Waals surface area contributed by atoms with Crippen LogP contribution >= 0.6 is 0 Å². The Hall–Kier alpha value is -2.24. The van der Waals surface area contributed by atoms with Crippen molar-refractivity contribution in [1.29, 1.82) is 0 Å². The molecule has 2 heterocycles. The molecule has 0 aliphatic carbocycles. The zero-order valence-corrected chi connectivity index (χ0v) is 9.13. The van der Waals surface area contributed by atoms with Crippen LogP contribution in [0.15, 0.2) is 30.7 Å². The topological polar surface area (TPSA) is 57.0 Å². The Balaban J connectivity index is 2.37. The predicted octanol–water partition coefficient (Wildman–Crippen LogP) is 1.58. The maximum absolute atomic E-state index is 13.9. The molecule has 88 valence electrons. The van der Waals surface area contributed by atoms with E-state index >= 15 is 0 Å². The third-order valence-corrected chi connectivity index (χ3v) is 2.11. The molecule has 0 atom stereocenters. The van der Waals surface area contributed by atoms with Crippen LogP contribution in [0, 0.1) is 5.95 Å². The van der Waals surface area contributed by atoms with E-state index in [1.807, 2.05) is 0 Å². The Morgan fingerprint density at radius 3 is 2.82 bits per heavy atom. The smallest absolute Gasteiger partial charge is 0.344 e. The van der Waals surface area contributed by atoms with E-state index in [2.05, 4.69) is 10.1 Å². The summed E-state index contributed by atoms with van der Waals surface area (Å²) in [5.74, 6) is -1.46. The number of rotatable bonds is 3. The minimum Gasteiger partial charge on any atom is -0.462 e. The molecule has 17 heavy (non-hydrogen) atoms. The van der Waals surface area contributed by atoms with Crippen LogP contribution in [0.1, 0.15) is 17.3 Å². The Morgan fingerprint density at radius 2 is 2.18 bits per heavy atom. The van der Waals surface area contributed by atoms with Crippen LogP contribution in [0.5, 0.6) is 0 Å². The third-order valence-electron chi connectivity index (χ3n) is 2.11. The average Bonchev–Trinajstić information content (AvgIpc) is 2.72. The molecule has 0 spiro atoms. The first-order valence-corrected chi connectivity index (χ1v) is 5.05. The van der Waals surface area contributed by atoms with E-state index in [0.717, 1.165) is 10.9 Å². The zero-order chi connectivity index (χ0) is 12.3. The minimum atomic E-state index is -0.741. The average molecular weight is 235 g/mol. The lowest BCUT2D eigenvalue weighted by Gasteiger charge is -2.01. The molecule has 0 radical (unpaired) electrons. The second-order valence-corrected chi connectivity index (χ2v) is 3.19. The van der Waals surface area contributed by atoms with E-state index in [1.165, 1.54) is 12.4 Å². The van der Waals surface area contributed by atoms with Gasteiger partial charge >= 0.3 is 5.97 Å². The van der Waals surface area contributed by atoms with Crippen LogP contribution in [-0.2, 0) is 4.74 Å². The van der Waals surface area contributed by atoms with Gasteiger partial charge in [-0.1, -0.05) is 0 Å². The molecule has 5 nitrogen and oxygen atoms in total. The Labute approximate surface area is 96.9 Å². The second kappa shape index (κ2) is 4.73. The van der Waals surface area contributed by atoms with Gasteiger partial charge in [-0.15, -0.1) is 0 Å². The summed E-state index contributed by atoms with van der Waals surface area (Å²) in [6, 6.07) is 3.18. The van der Waals surface area contributed by atoms with Gasteiger partial charge in [-0.25, -0.2) is 9.48 Å². The summed E-state index contributed by atoms with van der Waals surface area (Å²) in [6.45, 7) is 1.85. The number of aromatic nitrogens is 3. The molecule has 0 saturated heterocycles. The van der Waals surface area contributed by atoms with Crippen molar-refractivity contribution in [3.8, 4) is 5.69 Å². The van der Waals surface area contributed by atoms with Crippen LogP contribution in [0.2, 0.25) is 0 Å². The summed E-state index contributed by atoms with van der Waals surface area (Å²) < 4.78 is 19.6. The fourth-order valence-corrected chi connectivity index (χ4v) is 1.34. The van der Waals surface area contributed by atoms with Crippen molar-refractivity contribution in [3.63, 3.8) is 0 Å². The number of halogens is 1. The summed E-state index contributed by atoms with van der Waals surface area (Å²) >= 11 is 0. The Kier molecular flexibility index (Phi) is 3.13. The molecule has 0 unspecified atom stereocenters. The Bertz CT molecular complexity index is 525. The zero-order valence-electron chi connectivity index (χ0n) is 9.13. The van der Waals surface area contributed by atoms with Gasteiger partial charge in [0.15, 0.2) is 0 Å². The van der Waals surface area contributed by atoms with Crippen LogP contribution < -0.4 is 0 Å². The van der Waals surface area contributed by atoms with Crippen LogP contribution in [-0.4, -0.2) is 27.3 Å². The first-order valence-electron chi connectivity index (χ1n) is 5.05. The summed E-state index contributed by atoms with van der Waals surface area (Å²) in [4.78, 5) is 15.2. The number of pyridine rings is 1. The van der Waals surface area contributed by atoms with E-state index in [4.69, 9.17) is 4.74 Å². The van der Waals surface area contributed by atoms with Crippen molar-refractivity contribution < 1.29 is 13.9 Å². The SMILES string of the molecule is CCOC(=O)c1cnn(-c2ccncc2)c1F. The monoisotopic (exact) mass is 235 g/mol. The van der Waals surface area contributed by atoms with Gasteiger partial charge in [0.05, 0.1) is 18.5 Å². The highest BCUT2D eigenvalue weighted by molar-refractivity contribution is 5.89. The van der Waals surface area contributed by atoms with Crippen molar-refractivity contribution in [2.24, 2.45) is 0 Å². The number of ether oxygens (including phenoxy) is 1. The molecular weight excluding hydrogens is 225 g/mol. The fraction of sp³-hybridized carbons (Fsp3) is 0.182. The number of nitrogens with zero attached hydrogens (tertiary/aromatic N) is 3. The number of carbonyl (C=O) groups is 1. The van der Waals surface area contributed by atoms with Gasteiger partial charge in [0.2, 0.25) is 5.95 Å². The highest BCUT2D eigenvalue weighted by Gasteiger charge is 2.19. The molecule has 0 aromatic carbocycles. The molecule has 2 aromatic rings. The lowest BCUT2D eigenvalue weighted by molar-refractivity contribution is 0.0520. The normalized spacial score (nSPS) is 10.2. The number of hydrogen-bond donors (Lipinski definition) is 0. The molecule has 0 fully saturated rings. The van der Waals surface area contributed by atoms with Crippen LogP contribution in [0.3, 0.4) is 0 Å². The van der Waals surface area contributed by atoms with Crippen LogP contribution in [0.4, 0.5) is 4.39 Å². The molecular formula is C11H10FN3O2. The molecule has 2 aromatic heterocycles. The number of esters is 1. The maximum atomic E-state index is 13.9. The highest BCUT2D eigenvalue weighted by atomic mass is 19.1. The van der Waals surface area contributed by atoms with Gasteiger partial charge in [0, 0.05) is 12.4 Å². The standard InChI is InChI=1S/C11H10FN3O2/c1-2-17-11(16)9-7-14-15(10(9)12)8-3-5-13-6-4-8/h3-7H,2H2,1H3. The minimum absolute atomic E-state index is 0.177. The molecule has 0 aliphatic rings. The van der Waals surface area contributed by atoms with Crippen molar-refractivity contribution in [2.75, 3.05) is 6.61 Å². The van der Waals surface area contributed by atoms with Crippen molar-refractivity contribution in [2.45, 2.75) is 6.92 Å². The van der Waals surface area contributed by atoms with Crippen molar-refractivity contribution in [1.82, 2.24) is 14.8 Å². The van der Waals surface area contributed by atoms with E-state index in [0.29, 0.717) is 5.69 Å². The highest BCUT2D eigenvalue weighted by Crippen LogP contribution is 2.13. The lowest BCUT2D eigenvalue weighted by Crippen LogP contribution is -2.07. The van der Waals surface area contributed by atoms with Crippen molar-refractivity contribution in [3.05, 3.63) is 42.2 Å². The summed E-state index contributed by atoms with van der Waals surface area (Å²) in [7, 11) is 0. The molecule has 0 aliphatic heterocycles. The van der Waals surface area contributed by atoms with Gasteiger partial charge < -0.3 is 4.74 Å². The maximum Gasteiger partial charge on any atom is 0.344 e. The fourth-order valence-electron chi connectivity index (χ4n) is 1.34. The third kappa shape index (κ3) is 2.15. The van der Waals surface area contributed by atoms with Gasteiger partial charge in [-0.3, -0.25) is 4.98 Å². The van der Waals surface area contributed by atoms with Gasteiger partial charge in [-0.05, 0) is 19.1 Å². The van der Waals surface area contributed by atoms with Gasteiger partial charge in [0.25, 0.3) is 0 Å². The van der Waals surface area contributed by atoms with E-state index in [9.17, 15) is 9.18 Å². The Morgan fingerprint density at radius 1 is 1.47 bits per heavy atom. The van der Waals surface area contributed by atoms with Crippen LogP contribution in [0.25, 0.3) is 5.69 Å². The van der Waals surface area contributed by atoms with E-state index in [-0.39, 0.29) is 12.2 Å². The van der Waals surface area contributed by atoms with Gasteiger partial charge in [-0.2, -0.15) is 9.49 Å². The van der Waals surface area contributed by atoms with Crippen molar-refractivity contribution >= 4 is 5.97 Å². The molecule has 0 saturated carbocycles. The largest absolute Gasteiger partial charge is 0.462 e. The summed E-state index contributed by atoms with van der Waals surface area (Å²) in [6.07, 6.45) is 4.18. The molecule has 0 N–H and O–H groups in total. The summed E-state index contributed by atoms with van der Waals surface area (Å²) in [5.41, 5.74) is 0.316. The molecule has 6 heteroatoms. The number of carbonyl (C=O) groups excluding carboxylic acids is 1. The first-order chi connectivity index (χ1) is 8.24. The quantitative estimate of drug-likeness (QED) is 0.758. The second-order valence-electron chi connectivity index (χ2n) is 3.19. The predicted molar refractivity (Wildman–Crippen MR) is 57.3 cm³/mol. The first kappa shape index (κ1) is 11.3. The lowest BCUT2D eigenvalue weighted by atomic mass is 10.3. The molecule has 2 rings (SSSR count).